The first-order valence-electron chi connectivity index (χ1n) is 7.20. The highest BCUT2D eigenvalue weighted by molar-refractivity contribution is 6.31. The Hall–Kier alpha value is -2.60. The molecule has 0 aliphatic rings. The van der Waals surface area contributed by atoms with Gasteiger partial charge >= 0.3 is 0 Å². The number of benzene rings is 2. The lowest BCUT2D eigenvalue weighted by Gasteiger charge is -2.15. The Balaban J connectivity index is 1.89. The third kappa shape index (κ3) is 4.70. The van der Waals surface area contributed by atoms with Crippen LogP contribution in [-0.4, -0.2) is 25.4 Å². The molecule has 2 N–H and O–H groups in total. The molecule has 2 rings (SSSR count). The third-order valence-electron chi connectivity index (χ3n) is 3.38. The first-order valence-corrected chi connectivity index (χ1v) is 7.58. The van der Waals surface area contributed by atoms with Gasteiger partial charge in [-0.1, -0.05) is 11.6 Å². The van der Waals surface area contributed by atoms with Crippen LogP contribution in [0.1, 0.15) is 6.92 Å². The maximum Gasteiger partial charge on any atom is 0.243 e. The van der Waals surface area contributed by atoms with E-state index in [-0.39, 0.29) is 23.4 Å². The lowest BCUT2D eigenvalue weighted by atomic mass is 10.2. The summed E-state index contributed by atoms with van der Waals surface area (Å²) < 4.78 is 13.1. The molecule has 5 nitrogen and oxygen atoms in total. The highest BCUT2D eigenvalue weighted by atomic mass is 35.5. The molecule has 0 aliphatic heterocycles. The number of amides is 2. The van der Waals surface area contributed by atoms with Crippen LogP contribution in [0.15, 0.2) is 42.5 Å². The van der Waals surface area contributed by atoms with Crippen LogP contribution in [0.2, 0.25) is 5.02 Å². The number of hydrogen-bond acceptors (Lipinski definition) is 3. The van der Waals surface area contributed by atoms with Crippen LogP contribution in [0.5, 0.6) is 0 Å². The monoisotopic (exact) mass is 349 g/mol. The summed E-state index contributed by atoms with van der Waals surface area (Å²) in [5.74, 6) is -0.890. The molecule has 0 heterocycles. The van der Waals surface area contributed by atoms with Crippen molar-refractivity contribution in [2.45, 2.75) is 6.92 Å². The molecule has 0 saturated heterocycles. The molecule has 0 aromatic heterocycles. The summed E-state index contributed by atoms with van der Waals surface area (Å²) in [6.07, 6.45) is 0. The second-order valence-electron chi connectivity index (χ2n) is 5.16. The lowest BCUT2D eigenvalue weighted by molar-refractivity contribution is -0.116. The SMILES string of the molecule is CC(=O)N(C)c1ccc(NCC(=O)Nc2ccc(F)c(Cl)c2)cc1. The second-order valence-corrected chi connectivity index (χ2v) is 5.56. The van der Waals surface area contributed by atoms with Gasteiger partial charge in [-0.15, -0.1) is 0 Å². The van der Waals surface area contributed by atoms with Crippen molar-refractivity contribution in [1.82, 2.24) is 0 Å². The van der Waals surface area contributed by atoms with Gasteiger partial charge in [0.2, 0.25) is 11.8 Å². The van der Waals surface area contributed by atoms with Crippen LogP contribution < -0.4 is 15.5 Å². The predicted molar refractivity (Wildman–Crippen MR) is 94.1 cm³/mol. The molecule has 0 unspecified atom stereocenters. The van der Waals surface area contributed by atoms with Crippen molar-refractivity contribution in [3.8, 4) is 0 Å². The number of nitrogens with one attached hydrogen (secondary N) is 2. The van der Waals surface area contributed by atoms with Gasteiger partial charge in [0.05, 0.1) is 11.6 Å². The van der Waals surface area contributed by atoms with Gasteiger partial charge in [0.25, 0.3) is 0 Å². The fourth-order valence-electron chi connectivity index (χ4n) is 1.95. The fraction of sp³-hybridized carbons (Fsp3) is 0.176. The summed E-state index contributed by atoms with van der Waals surface area (Å²) in [6, 6.07) is 11.1. The Bertz CT molecular complexity index is 750. The van der Waals surface area contributed by atoms with E-state index in [1.165, 1.54) is 30.0 Å². The third-order valence-corrected chi connectivity index (χ3v) is 3.67. The largest absolute Gasteiger partial charge is 0.376 e. The van der Waals surface area contributed by atoms with Crippen LogP contribution in [0.4, 0.5) is 21.5 Å². The van der Waals surface area contributed by atoms with Gasteiger partial charge in [0.15, 0.2) is 0 Å². The zero-order chi connectivity index (χ0) is 17.7. The molecule has 0 atom stereocenters. The highest BCUT2D eigenvalue weighted by Gasteiger charge is 2.07. The number of nitrogens with zero attached hydrogens (tertiary/aromatic N) is 1. The number of carbonyl (C=O) groups excluding carboxylic acids is 2. The molecular weight excluding hydrogens is 333 g/mol. The summed E-state index contributed by atoms with van der Waals surface area (Å²) in [6.45, 7) is 1.52. The summed E-state index contributed by atoms with van der Waals surface area (Å²) in [4.78, 5) is 24.7. The highest BCUT2D eigenvalue weighted by Crippen LogP contribution is 2.19. The molecule has 2 aromatic carbocycles. The molecule has 0 radical (unpaired) electrons. The van der Waals surface area contributed by atoms with Crippen molar-refractivity contribution in [2.75, 3.05) is 29.1 Å². The molecule has 0 spiro atoms. The molecule has 2 aromatic rings. The Morgan fingerprint density at radius 3 is 2.33 bits per heavy atom. The van der Waals surface area contributed by atoms with Crippen molar-refractivity contribution in [3.63, 3.8) is 0 Å². The van der Waals surface area contributed by atoms with E-state index in [0.29, 0.717) is 5.69 Å². The van der Waals surface area contributed by atoms with Crippen molar-refractivity contribution >= 4 is 40.5 Å². The molecule has 2 amide bonds. The lowest BCUT2D eigenvalue weighted by Crippen LogP contribution is -2.23. The average Bonchev–Trinajstić information content (AvgIpc) is 2.56. The van der Waals surface area contributed by atoms with E-state index in [2.05, 4.69) is 10.6 Å². The van der Waals surface area contributed by atoms with E-state index in [4.69, 9.17) is 11.6 Å². The van der Waals surface area contributed by atoms with Gasteiger partial charge in [0.1, 0.15) is 5.82 Å². The average molecular weight is 350 g/mol. The zero-order valence-electron chi connectivity index (χ0n) is 13.3. The van der Waals surface area contributed by atoms with E-state index < -0.39 is 5.82 Å². The zero-order valence-corrected chi connectivity index (χ0v) is 14.0. The Labute approximate surface area is 144 Å². The summed E-state index contributed by atoms with van der Waals surface area (Å²) >= 11 is 5.66. The maximum absolute atomic E-state index is 13.1. The molecule has 126 valence electrons. The van der Waals surface area contributed by atoms with E-state index in [9.17, 15) is 14.0 Å². The molecule has 0 bridgehead atoms. The number of rotatable bonds is 5. The standard InChI is InChI=1S/C17H17ClFN3O2/c1-11(23)22(2)14-6-3-12(4-7-14)20-10-17(24)21-13-5-8-16(19)15(18)9-13/h3-9,20H,10H2,1-2H3,(H,21,24). The molecule has 0 aliphatic carbocycles. The van der Waals surface area contributed by atoms with E-state index in [1.807, 2.05) is 0 Å². The Morgan fingerprint density at radius 1 is 1.12 bits per heavy atom. The molecular formula is C17H17ClFN3O2. The van der Waals surface area contributed by atoms with Gasteiger partial charge < -0.3 is 15.5 Å². The van der Waals surface area contributed by atoms with Crippen molar-refractivity contribution in [2.24, 2.45) is 0 Å². The quantitative estimate of drug-likeness (QED) is 0.868. The summed E-state index contributed by atoms with van der Waals surface area (Å²) in [7, 11) is 1.69. The minimum Gasteiger partial charge on any atom is -0.376 e. The van der Waals surface area contributed by atoms with Gasteiger partial charge in [-0.3, -0.25) is 9.59 Å². The van der Waals surface area contributed by atoms with E-state index >= 15 is 0 Å². The van der Waals surface area contributed by atoms with E-state index in [1.54, 1.807) is 31.3 Å². The van der Waals surface area contributed by atoms with Crippen LogP contribution >= 0.6 is 11.6 Å². The van der Waals surface area contributed by atoms with Crippen LogP contribution in [0.25, 0.3) is 0 Å². The normalized spacial score (nSPS) is 10.2. The predicted octanol–water partition coefficient (Wildman–Crippen LogP) is 3.51. The second kappa shape index (κ2) is 7.79. The number of halogens is 2. The van der Waals surface area contributed by atoms with Crippen LogP contribution in [0, 0.1) is 5.82 Å². The minimum atomic E-state index is -0.539. The van der Waals surface area contributed by atoms with Crippen LogP contribution in [0.3, 0.4) is 0 Å². The molecule has 0 fully saturated rings. The summed E-state index contributed by atoms with van der Waals surface area (Å²) in [5.41, 5.74) is 1.92. The summed E-state index contributed by atoms with van der Waals surface area (Å²) in [5, 5.41) is 5.53. The Kier molecular flexibility index (Phi) is 5.76. The number of anilines is 3. The number of hydrogen-bond donors (Lipinski definition) is 2. The van der Waals surface area contributed by atoms with Gasteiger partial charge in [0, 0.05) is 31.0 Å². The smallest absolute Gasteiger partial charge is 0.243 e. The first kappa shape index (κ1) is 17.7. The molecule has 0 saturated carbocycles. The van der Waals surface area contributed by atoms with Crippen molar-refractivity contribution in [3.05, 3.63) is 53.3 Å². The van der Waals surface area contributed by atoms with Crippen molar-refractivity contribution in [1.29, 1.82) is 0 Å². The molecule has 7 heteroatoms. The van der Waals surface area contributed by atoms with Crippen molar-refractivity contribution < 1.29 is 14.0 Å². The van der Waals surface area contributed by atoms with Gasteiger partial charge in [-0.05, 0) is 42.5 Å². The topological polar surface area (TPSA) is 61.4 Å². The molecule has 24 heavy (non-hydrogen) atoms. The minimum absolute atomic E-state index is 0.0386. The first-order chi connectivity index (χ1) is 11.4. The van der Waals surface area contributed by atoms with Gasteiger partial charge in [-0.2, -0.15) is 0 Å². The fourth-order valence-corrected chi connectivity index (χ4v) is 2.13. The Morgan fingerprint density at radius 2 is 1.75 bits per heavy atom. The van der Waals surface area contributed by atoms with Gasteiger partial charge in [-0.25, -0.2) is 4.39 Å². The van der Waals surface area contributed by atoms with Crippen LogP contribution in [-0.2, 0) is 9.59 Å². The maximum atomic E-state index is 13.1. The number of carbonyl (C=O) groups is 2. The van der Waals surface area contributed by atoms with E-state index in [0.717, 1.165) is 11.4 Å².